The lowest BCUT2D eigenvalue weighted by atomic mass is 10.1. The second kappa shape index (κ2) is 10.8. The highest BCUT2D eigenvalue weighted by Gasteiger charge is 2.24. The van der Waals surface area contributed by atoms with Gasteiger partial charge in [0, 0.05) is 25.6 Å². The molecule has 150 valence electrons. The van der Waals surface area contributed by atoms with Gasteiger partial charge in [-0.15, -0.1) is 0 Å². The molecule has 1 saturated heterocycles. The second-order valence-electron chi connectivity index (χ2n) is 7.56. The van der Waals surface area contributed by atoms with E-state index < -0.39 is 0 Å². The molecule has 1 aliphatic rings. The zero-order chi connectivity index (χ0) is 19.6. The van der Waals surface area contributed by atoms with E-state index in [0.29, 0.717) is 45.1 Å². The Bertz CT molecular complexity index is 593. The van der Waals surface area contributed by atoms with E-state index in [9.17, 15) is 9.59 Å². The number of hydrogen-bond donors (Lipinski definition) is 1. The predicted molar refractivity (Wildman–Crippen MR) is 105 cm³/mol. The molecule has 0 radical (unpaired) electrons. The Balaban J connectivity index is 1.57. The van der Waals surface area contributed by atoms with Crippen molar-refractivity contribution in [2.24, 2.45) is 5.92 Å². The summed E-state index contributed by atoms with van der Waals surface area (Å²) in [6, 6.07) is 8.02. The van der Waals surface area contributed by atoms with Crippen molar-refractivity contribution in [1.29, 1.82) is 0 Å². The number of ether oxygens (including phenoxy) is 2. The molecule has 1 aromatic rings. The number of carbonyl (C=O) groups is 2. The van der Waals surface area contributed by atoms with Crippen LogP contribution in [0, 0.1) is 12.8 Å². The average molecular weight is 376 g/mol. The SMILES string of the molecule is Cc1ccc(OCCCC(=O)NC2CCN(C(=O)OCC(C)C)CC2)cc1. The summed E-state index contributed by atoms with van der Waals surface area (Å²) < 4.78 is 10.9. The van der Waals surface area contributed by atoms with Crippen LogP contribution in [-0.2, 0) is 9.53 Å². The summed E-state index contributed by atoms with van der Waals surface area (Å²) in [6.07, 6.45) is 2.41. The molecule has 1 heterocycles. The molecule has 0 atom stereocenters. The monoisotopic (exact) mass is 376 g/mol. The summed E-state index contributed by atoms with van der Waals surface area (Å²) in [5.74, 6) is 1.21. The number of carbonyl (C=O) groups excluding carboxylic acids is 2. The van der Waals surface area contributed by atoms with E-state index in [1.165, 1.54) is 5.56 Å². The predicted octanol–water partition coefficient (Wildman–Crippen LogP) is 3.53. The lowest BCUT2D eigenvalue weighted by molar-refractivity contribution is -0.122. The molecule has 1 aliphatic heterocycles. The summed E-state index contributed by atoms with van der Waals surface area (Å²) in [6.45, 7) is 8.28. The average Bonchev–Trinajstić information content (AvgIpc) is 2.65. The maximum Gasteiger partial charge on any atom is 0.409 e. The number of likely N-dealkylation sites (tertiary alicyclic amines) is 1. The van der Waals surface area contributed by atoms with Crippen molar-refractivity contribution in [1.82, 2.24) is 10.2 Å². The topological polar surface area (TPSA) is 67.9 Å². The third kappa shape index (κ3) is 7.89. The van der Waals surface area contributed by atoms with Crippen LogP contribution in [-0.4, -0.2) is 49.2 Å². The number of amides is 2. The Morgan fingerprint density at radius 1 is 1.19 bits per heavy atom. The molecule has 1 fully saturated rings. The molecule has 1 N–H and O–H groups in total. The largest absolute Gasteiger partial charge is 0.494 e. The Morgan fingerprint density at radius 2 is 1.85 bits per heavy atom. The number of rotatable bonds is 8. The van der Waals surface area contributed by atoms with Gasteiger partial charge in [-0.25, -0.2) is 4.79 Å². The third-order valence-electron chi connectivity index (χ3n) is 4.50. The van der Waals surface area contributed by atoms with Crippen LogP contribution >= 0.6 is 0 Å². The van der Waals surface area contributed by atoms with E-state index in [1.54, 1.807) is 4.90 Å². The van der Waals surface area contributed by atoms with Crippen LogP contribution in [0.15, 0.2) is 24.3 Å². The van der Waals surface area contributed by atoms with E-state index in [-0.39, 0.29) is 18.0 Å². The molecular formula is C21H32N2O4. The molecule has 0 saturated carbocycles. The first-order chi connectivity index (χ1) is 12.9. The first-order valence-electron chi connectivity index (χ1n) is 9.84. The first kappa shape index (κ1) is 21.1. The molecule has 2 amide bonds. The molecule has 0 bridgehead atoms. The Kier molecular flexibility index (Phi) is 8.43. The van der Waals surface area contributed by atoms with E-state index in [1.807, 2.05) is 45.0 Å². The number of nitrogens with one attached hydrogen (secondary N) is 1. The van der Waals surface area contributed by atoms with Crippen LogP contribution in [0.25, 0.3) is 0 Å². The van der Waals surface area contributed by atoms with Crippen molar-refractivity contribution in [2.75, 3.05) is 26.3 Å². The van der Waals surface area contributed by atoms with Crippen LogP contribution in [0.2, 0.25) is 0 Å². The van der Waals surface area contributed by atoms with Crippen molar-refractivity contribution in [3.8, 4) is 5.75 Å². The van der Waals surface area contributed by atoms with Crippen molar-refractivity contribution >= 4 is 12.0 Å². The Hall–Kier alpha value is -2.24. The third-order valence-corrected chi connectivity index (χ3v) is 4.50. The molecule has 6 nitrogen and oxygen atoms in total. The zero-order valence-electron chi connectivity index (χ0n) is 16.7. The van der Waals surface area contributed by atoms with Gasteiger partial charge in [0.1, 0.15) is 5.75 Å². The Morgan fingerprint density at radius 3 is 2.48 bits per heavy atom. The van der Waals surface area contributed by atoms with Crippen LogP contribution in [0.4, 0.5) is 4.79 Å². The summed E-state index contributed by atoms with van der Waals surface area (Å²) in [7, 11) is 0. The van der Waals surface area contributed by atoms with Crippen molar-refractivity contribution in [3.05, 3.63) is 29.8 Å². The van der Waals surface area contributed by atoms with E-state index in [4.69, 9.17) is 9.47 Å². The van der Waals surface area contributed by atoms with Crippen LogP contribution in [0.1, 0.15) is 45.1 Å². The van der Waals surface area contributed by atoms with E-state index in [0.717, 1.165) is 18.6 Å². The minimum absolute atomic E-state index is 0.0448. The van der Waals surface area contributed by atoms with Crippen LogP contribution in [0.3, 0.4) is 0 Å². The summed E-state index contributed by atoms with van der Waals surface area (Å²) in [4.78, 5) is 25.8. The summed E-state index contributed by atoms with van der Waals surface area (Å²) >= 11 is 0. The number of hydrogen-bond acceptors (Lipinski definition) is 4. The van der Waals surface area contributed by atoms with Gasteiger partial charge >= 0.3 is 6.09 Å². The maximum atomic E-state index is 12.1. The fraction of sp³-hybridized carbons (Fsp3) is 0.619. The van der Waals surface area contributed by atoms with Gasteiger partial charge in [0.25, 0.3) is 0 Å². The number of benzene rings is 1. The van der Waals surface area contributed by atoms with Crippen molar-refractivity contribution in [2.45, 2.75) is 52.5 Å². The van der Waals surface area contributed by atoms with Crippen LogP contribution < -0.4 is 10.1 Å². The molecular weight excluding hydrogens is 344 g/mol. The normalized spacial score (nSPS) is 14.9. The fourth-order valence-electron chi connectivity index (χ4n) is 2.89. The summed E-state index contributed by atoms with van der Waals surface area (Å²) in [5, 5.41) is 3.06. The van der Waals surface area contributed by atoms with Crippen molar-refractivity contribution in [3.63, 3.8) is 0 Å². The highest BCUT2D eigenvalue weighted by molar-refractivity contribution is 5.76. The van der Waals surface area contributed by atoms with E-state index >= 15 is 0 Å². The van der Waals surface area contributed by atoms with Gasteiger partial charge < -0.3 is 19.7 Å². The highest BCUT2D eigenvalue weighted by atomic mass is 16.6. The number of nitrogens with zero attached hydrogens (tertiary/aromatic N) is 1. The van der Waals surface area contributed by atoms with Gasteiger partial charge in [-0.2, -0.15) is 0 Å². The van der Waals surface area contributed by atoms with Crippen molar-refractivity contribution < 1.29 is 19.1 Å². The molecule has 6 heteroatoms. The Labute approximate surface area is 162 Å². The molecule has 1 aromatic carbocycles. The number of aryl methyl sites for hydroxylation is 1. The molecule has 0 unspecified atom stereocenters. The molecule has 0 spiro atoms. The lowest BCUT2D eigenvalue weighted by Gasteiger charge is -2.31. The number of piperidine rings is 1. The van der Waals surface area contributed by atoms with Gasteiger partial charge in [0.15, 0.2) is 0 Å². The minimum atomic E-state index is -0.248. The molecule has 0 aliphatic carbocycles. The van der Waals surface area contributed by atoms with Gasteiger partial charge in [-0.05, 0) is 44.2 Å². The standard InChI is InChI=1S/C21H32N2O4/c1-16(2)15-27-21(25)23-12-10-18(11-13-23)22-20(24)5-4-14-26-19-8-6-17(3)7-9-19/h6-9,16,18H,4-5,10-15H2,1-3H3,(H,22,24). The van der Waals surface area contributed by atoms with E-state index in [2.05, 4.69) is 5.32 Å². The second-order valence-corrected chi connectivity index (χ2v) is 7.56. The van der Waals surface area contributed by atoms with Crippen LogP contribution in [0.5, 0.6) is 5.75 Å². The first-order valence-corrected chi connectivity index (χ1v) is 9.84. The highest BCUT2D eigenvalue weighted by Crippen LogP contribution is 2.13. The summed E-state index contributed by atoms with van der Waals surface area (Å²) in [5.41, 5.74) is 1.20. The quantitative estimate of drug-likeness (QED) is 0.705. The minimum Gasteiger partial charge on any atom is -0.494 e. The molecule has 2 rings (SSSR count). The molecule has 27 heavy (non-hydrogen) atoms. The zero-order valence-corrected chi connectivity index (χ0v) is 16.7. The van der Waals surface area contributed by atoms with Gasteiger partial charge in [-0.1, -0.05) is 31.5 Å². The van der Waals surface area contributed by atoms with Gasteiger partial charge in [-0.3, -0.25) is 4.79 Å². The molecule has 0 aromatic heterocycles. The van der Waals surface area contributed by atoms with Gasteiger partial charge in [0.2, 0.25) is 5.91 Å². The maximum absolute atomic E-state index is 12.1. The smallest absolute Gasteiger partial charge is 0.409 e. The van der Waals surface area contributed by atoms with Gasteiger partial charge in [0.05, 0.1) is 13.2 Å². The fourth-order valence-corrected chi connectivity index (χ4v) is 2.89. The lowest BCUT2D eigenvalue weighted by Crippen LogP contribution is -2.46.